The molecule has 0 N–H and O–H groups in total. The SMILES string of the molecule is CC(C)COC(=O)Oc1c(Cl)c(Cl)c(Cl)c(Cl)c1Cl. The van der Waals surface area contributed by atoms with E-state index in [1.54, 1.807) is 0 Å². The minimum Gasteiger partial charge on any atom is -0.434 e. The monoisotopic (exact) mass is 364 g/mol. The van der Waals surface area contributed by atoms with Gasteiger partial charge in [0.25, 0.3) is 0 Å². The summed E-state index contributed by atoms with van der Waals surface area (Å²) in [5.41, 5.74) is 0. The Morgan fingerprint density at radius 2 is 1.37 bits per heavy atom. The summed E-state index contributed by atoms with van der Waals surface area (Å²) in [5, 5.41) is -0.333. The molecule has 0 amide bonds. The number of hydrogen-bond acceptors (Lipinski definition) is 3. The van der Waals surface area contributed by atoms with Gasteiger partial charge in [0.15, 0.2) is 5.75 Å². The maximum absolute atomic E-state index is 11.4. The molecule has 0 bridgehead atoms. The molecule has 0 radical (unpaired) electrons. The summed E-state index contributed by atoms with van der Waals surface area (Å²) in [6, 6.07) is 0. The second-order valence-corrected chi connectivity index (χ2v) is 5.85. The van der Waals surface area contributed by atoms with Gasteiger partial charge in [-0.2, -0.15) is 0 Å². The van der Waals surface area contributed by atoms with Gasteiger partial charge in [-0.1, -0.05) is 71.9 Å². The lowest BCUT2D eigenvalue weighted by Crippen LogP contribution is -2.14. The summed E-state index contributed by atoms with van der Waals surface area (Å²) in [4.78, 5) is 11.4. The number of benzene rings is 1. The topological polar surface area (TPSA) is 35.5 Å². The van der Waals surface area contributed by atoms with E-state index in [9.17, 15) is 4.79 Å². The predicted molar refractivity (Wildman–Crippen MR) is 78.3 cm³/mol. The standard InChI is InChI=1S/C11H9Cl5O3/c1-4(2)3-18-11(17)19-10-8(15)6(13)5(12)7(14)9(10)16/h4H,3H2,1-2H3. The highest BCUT2D eigenvalue weighted by Crippen LogP contribution is 2.48. The number of ether oxygens (including phenoxy) is 2. The van der Waals surface area contributed by atoms with Gasteiger partial charge in [-0.25, -0.2) is 4.79 Å². The van der Waals surface area contributed by atoms with Crippen LogP contribution in [0.2, 0.25) is 25.1 Å². The Morgan fingerprint density at radius 3 is 1.79 bits per heavy atom. The van der Waals surface area contributed by atoms with Crippen molar-refractivity contribution in [3.8, 4) is 5.75 Å². The fourth-order valence-corrected chi connectivity index (χ4v) is 2.22. The average molecular weight is 366 g/mol. The van der Waals surface area contributed by atoms with Gasteiger partial charge >= 0.3 is 6.16 Å². The Balaban J connectivity index is 2.99. The van der Waals surface area contributed by atoms with Crippen molar-refractivity contribution in [3.05, 3.63) is 25.1 Å². The second kappa shape index (κ2) is 7.09. The quantitative estimate of drug-likeness (QED) is 0.280. The molecule has 0 saturated heterocycles. The van der Waals surface area contributed by atoms with E-state index in [2.05, 4.69) is 0 Å². The zero-order valence-electron chi connectivity index (χ0n) is 9.90. The molecular formula is C11H9Cl5O3. The van der Waals surface area contributed by atoms with Crippen LogP contribution >= 0.6 is 58.0 Å². The van der Waals surface area contributed by atoms with Crippen molar-refractivity contribution in [1.82, 2.24) is 0 Å². The van der Waals surface area contributed by atoms with Gasteiger partial charge in [0.2, 0.25) is 0 Å². The molecule has 0 heterocycles. The summed E-state index contributed by atoms with van der Waals surface area (Å²) >= 11 is 29.2. The fraction of sp³-hybridized carbons (Fsp3) is 0.364. The van der Waals surface area contributed by atoms with Crippen molar-refractivity contribution < 1.29 is 14.3 Å². The molecule has 19 heavy (non-hydrogen) atoms. The van der Waals surface area contributed by atoms with Crippen molar-refractivity contribution in [2.24, 2.45) is 5.92 Å². The first-order valence-electron chi connectivity index (χ1n) is 5.11. The molecule has 3 nitrogen and oxygen atoms in total. The lowest BCUT2D eigenvalue weighted by atomic mass is 10.2. The third kappa shape index (κ3) is 4.20. The van der Waals surface area contributed by atoms with Crippen LogP contribution < -0.4 is 4.74 Å². The van der Waals surface area contributed by atoms with Gasteiger partial charge in [-0.15, -0.1) is 0 Å². The van der Waals surface area contributed by atoms with Crippen molar-refractivity contribution in [2.45, 2.75) is 13.8 Å². The molecule has 0 aliphatic carbocycles. The molecule has 1 rings (SSSR count). The number of hydrogen-bond donors (Lipinski definition) is 0. The summed E-state index contributed by atoms with van der Waals surface area (Å²) in [7, 11) is 0. The number of halogens is 5. The van der Waals surface area contributed by atoms with E-state index in [0.717, 1.165) is 0 Å². The van der Waals surface area contributed by atoms with Crippen LogP contribution in [0.15, 0.2) is 0 Å². The highest BCUT2D eigenvalue weighted by molar-refractivity contribution is 6.55. The van der Waals surface area contributed by atoms with Gasteiger partial charge in [0.05, 0.1) is 21.7 Å². The van der Waals surface area contributed by atoms with Crippen LogP contribution in [0.25, 0.3) is 0 Å². The predicted octanol–water partition coefficient (Wildman–Crippen LogP) is 6.13. The molecule has 1 aromatic rings. The van der Waals surface area contributed by atoms with Crippen LogP contribution in [-0.2, 0) is 4.74 Å². The Kier molecular flexibility index (Phi) is 6.34. The smallest absolute Gasteiger partial charge is 0.434 e. The highest BCUT2D eigenvalue weighted by Gasteiger charge is 2.23. The normalized spacial score (nSPS) is 10.7. The zero-order valence-corrected chi connectivity index (χ0v) is 13.7. The minimum absolute atomic E-state index is 0.0127. The van der Waals surface area contributed by atoms with Gasteiger partial charge < -0.3 is 9.47 Å². The van der Waals surface area contributed by atoms with Gasteiger partial charge in [0.1, 0.15) is 10.0 Å². The maximum atomic E-state index is 11.4. The average Bonchev–Trinajstić information content (AvgIpc) is 2.36. The van der Waals surface area contributed by atoms with Gasteiger partial charge in [0, 0.05) is 0 Å². The highest BCUT2D eigenvalue weighted by atomic mass is 35.5. The van der Waals surface area contributed by atoms with Crippen LogP contribution in [0.5, 0.6) is 5.75 Å². The van der Waals surface area contributed by atoms with Crippen molar-refractivity contribution in [2.75, 3.05) is 6.61 Å². The lowest BCUT2D eigenvalue weighted by molar-refractivity contribution is 0.0886. The Bertz CT molecular complexity index is 473. The largest absolute Gasteiger partial charge is 0.513 e. The molecule has 0 atom stereocenters. The van der Waals surface area contributed by atoms with E-state index < -0.39 is 6.16 Å². The molecule has 0 spiro atoms. The Morgan fingerprint density at radius 1 is 0.947 bits per heavy atom. The van der Waals surface area contributed by atoms with Crippen LogP contribution in [0.3, 0.4) is 0 Å². The molecule has 0 aliphatic rings. The summed E-state index contributed by atoms with van der Waals surface area (Å²) < 4.78 is 9.72. The Labute approximate surface area is 135 Å². The molecule has 0 saturated carbocycles. The second-order valence-electron chi connectivity index (χ2n) is 3.96. The van der Waals surface area contributed by atoms with E-state index in [-0.39, 0.29) is 43.4 Å². The van der Waals surface area contributed by atoms with E-state index in [1.807, 2.05) is 13.8 Å². The van der Waals surface area contributed by atoms with Crippen LogP contribution in [0.1, 0.15) is 13.8 Å². The third-order valence-electron chi connectivity index (χ3n) is 1.89. The lowest BCUT2D eigenvalue weighted by Gasteiger charge is -2.13. The van der Waals surface area contributed by atoms with Crippen LogP contribution in [0, 0.1) is 5.92 Å². The van der Waals surface area contributed by atoms with Crippen molar-refractivity contribution in [3.63, 3.8) is 0 Å². The molecule has 0 fully saturated rings. The van der Waals surface area contributed by atoms with E-state index in [1.165, 1.54) is 0 Å². The molecular weight excluding hydrogens is 357 g/mol. The minimum atomic E-state index is -0.952. The van der Waals surface area contributed by atoms with Crippen molar-refractivity contribution in [1.29, 1.82) is 0 Å². The molecule has 1 aromatic carbocycles. The van der Waals surface area contributed by atoms with Crippen molar-refractivity contribution >= 4 is 64.2 Å². The summed E-state index contributed by atoms with van der Waals surface area (Å²) in [6.45, 7) is 3.95. The first-order chi connectivity index (χ1) is 8.75. The number of carbonyl (C=O) groups excluding carboxylic acids is 1. The molecule has 0 unspecified atom stereocenters. The van der Waals surface area contributed by atoms with E-state index in [0.29, 0.717) is 0 Å². The summed E-state index contributed by atoms with van der Waals surface area (Å²) in [5.74, 6) is -0.0209. The van der Waals surface area contributed by atoms with Gasteiger partial charge in [-0.05, 0) is 5.92 Å². The third-order valence-corrected chi connectivity index (χ3v) is 4.13. The number of rotatable bonds is 3. The van der Waals surface area contributed by atoms with E-state index >= 15 is 0 Å². The zero-order chi connectivity index (χ0) is 14.7. The van der Waals surface area contributed by atoms with Gasteiger partial charge in [-0.3, -0.25) is 0 Å². The maximum Gasteiger partial charge on any atom is 0.513 e. The Hall–Kier alpha value is -0.0600. The molecule has 0 aromatic heterocycles. The number of carbonyl (C=O) groups is 1. The first kappa shape index (κ1) is 17.0. The van der Waals surface area contributed by atoms with Crippen LogP contribution in [-0.4, -0.2) is 12.8 Å². The molecule has 8 heteroatoms. The van der Waals surface area contributed by atoms with Crippen LogP contribution in [0.4, 0.5) is 4.79 Å². The van der Waals surface area contributed by atoms with E-state index in [4.69, 9.17) is 67.5 Å². The fourth-order valence-electron chi connectivity index (χ4n) is 1.02. The first-order valence-corrected chi connectivity index (χ1v) is 7.00. The molecule has 106 valence electrons. The summed E-state index contributed by atoms with van der Waals surface area (Å²) in [6.07, 6.45) is -0.952. The molecule has 0 aliphatic heterocycles.